The number of benzene rings is 1. The van der Waals surface area contributed by atoms with Crippen LogP contribution in [-0.2, 0) is 21.2 Å². The van der Waals surface area contributed by atoms with Gasteiger partial charge < -0.3 is 15.1 Å². The average Bonchev–Trinajstić information content (AvgIpc) is 3.03. The summed E-state index contributed by atoms with van der Waals surface area (Å²) in [6.07, 6.45) is 2.51. The van der Waals surface area contributed by atoms with Gasteiger partial charge in [-0.15, -0.1) is 0 Å². The molecular weight excluding hydrogens is 320 g/mol. The number of amides is 2. The zero-order valence-corrected chi connectivity index (χ0v) is 13.2. The zero-order chi connectivity index (χ0) is 16.9. The molecule has 0 aliphatic carbocycles. The molecule has 2 amide bonds. The molecule has 2 aromatic rings. The van der Waals surface area contributed by atoms with Crippen molar-refractivity contribution in [3.63, 3.8) is 0 Å². The summed E-state index contributed by atoms with van der Waals surface area (Å²) in [5.41, 5.74) is 0.00818. The van der Waals surface area contributed by atoms with E-state index >= 15 is 0 Å². The fourth-order valence-electron chi connectivity index (χ4n) is 1.89. The second-order valence-electron chi connectivity index (χ2n) is 4.81. The Labute approximate surface area is 133 Å². The highest BCUT2D eigenvalue weighted by molar-refractivity contribution is 7.90. The van der Waals surface area contributed by atoms with E-state index in [4.69, 9.17) is 4.42 Å². The molecule has 0 unspecified atom stereocenters. The van der Waals surface area contributed by atoms with Crippen molar-refractivity contribution in [1.29, 1.82) is 0 Å². The highest BCUT2D eigenvalue weighted by atomic mass is 32.2. The first-order chi connectivity index (χ1) is 10.9. The molecule has 0 saturated carbocycles. The van der Waals surface area contributed by atoms with E-state index in [-0.39, 0.29) is 23.5 Å². The lowest BCUT2D eigenvalue weighted by Gasteiger charge is -2.09. The fourth-order valence-corrected chi connectivity index (χ4v) is 2.78. The van der Waals surface area contributed by atoms with Gasteiger partial charge in [-0.05, 0) is 24.3 Å². The van der Waals surface area contributed by atoms with Crippen molar-refractivity contribution < 1.29 is 22.4 Å². The van der Waals surface area contributed by atoms with Gasteiger partial charge in [0.15, 0.2) is 9.84 Å². The van der Waals surface area contributed by atoms with Crippen molar-refractivity contribution in [2.24, 2.45) is 0 Å². The van der Waals surface area contributed by atoms with Crippen LogP contribution >= 0.6 is 0 Å². The molecule has 0 spiro atoms. The quantitative estimate of drug-likeness (QED) is 0.809. The average molecular weight is 336 g/mol. The lowest BCUT2D eigenvalue weighted by Crippen LogP contribution is -2.37. The fraction of sp³-hybridized carbons (Fsp3) is 0.200. The second kappa shape index (κ2) is 7.10. The zero-order valence-electron chi connectivity index (χ0n) is 12.4. The van der Waals surface area contributed by atoms with Crippen LogP contribution in [0.25, 0.3) is 0 Å². The second-order valence-corrected chi connectivity index (χ2v) is 6.79. The van der Waals surface area contributed by atoms with Crippen LogP contribution in [0, 0.1) is 0 Å². The molecule has 7 nitrogen and oxygen atoms in total. The summed E-state index contributed by atoms with van der Waals surface area (Å²) in [4.78, 5) is 23.7. The lowest BCUT2D eigenvalue weighted by molar-refractivity contribution is -0.120. The van der Waals surface area contributed by atoms with Gasteiger partial charge in [0, 0.05) is 6.26 Å². The number of nitrogens with one attached hydrogen (secondary N) is 2. The normalized spacial score (nSPS) is 11.0. The topological polar surface area (TPSA) is 105 Å². The molecule has 0 saturated heterocycles. The van der Waals surface area contributed by atoms with E-state index in [1.165, 1.54) is 24.5 Å². The van der Waals surface area contributed by atoms with Crippen molar-refractivity contribution in [2.75, 3.05) is 12.8 Å². The van der Waals surface area contributed by atoms with Crippen molar-refractivity contribution in [3.05, 3.63) is 54.0 Å². The summed E-state index contributed by atoms with van der Waals surface area (Å²) < 4.78 is 28.4. The Morgan fingerprint density at radius 2 is 1.83 bits per heavy atom. The van der Waals surface area contributed by atoms with Crippen molar-refractivity contribution >= 4 is 21.7 Å². The summed E-state index contributed by atoms with van der Waals surface area (Å²) >= 11 is 0. The van der Waals surface area contributed by atoms with Crippen LogP contribution in [0.2, 0.25) is 0 Å². The number of carbonyl (C=O) groups excluding carboxylic acids is 2. The third kappa shape index (κ3) is 4.68. The number of carbonyl (C=O) groups is 2. The third-order valence-corrected chi connectivity index (χ3v) is 4.14. The van der Waals surface area contributed by atoms with Gasteiger partial charge in [-0.3, -0.25) is 9.59 Å². The largest absolute Gasteiger partial charge is 0.467 e. The van der Waals surface area contributed by atoms with E-state index in [0.717, 1.165) is 6.26 Å². The van der Waals surface area contributed by atoms with Crippen molar-refractivity contribution in [1.82, 2.24) is 10.6 Å². The van der Waals surface area contributed by atoms with Crippen molar-refractivity contribution in [2.45, 2.75) is 11.4 Å². The van der Waals surface area contributed by atoms with Crippen LogP contribution in [0.3, 0.4) is 0 Å². The molecule has 0 atom stereocenters. The number of sulfone groups is 1. The number of hydrogen-bond donors (Lipinski definition) is 2. The van der Waals surface area contributed by atoms with E-state index in [9.17, 15) is 18.0 Å². The Morgan fingerprint density at radius 3 is 2.48 bits per heavy atom. The molecule has 8 heteroatoms. The number of hydrogen-bond acceptors (Lipinski definition) is 5. The molecule has 122 valence electrons. The Hall–Kier alpha value is -2.61. The molecule has 0 fully saturated rings. The highest BCUT2D eigenvalue weighted by Gasteiger charge is 2.18. The molecule has 1 aromatic carbocycles. The van der Waals surface area contributed by atoms with Crippen molar-refractivity contribution in [3.8, 4) is 0 Å². The predicted octanol–water partition coefficient (Wildman–Crippen LogP) is 0.729. The molecule has 1 heterocycles. The lowest BCUT2D eigenvalue weighted by atomic mass is 10.2. The van der Waals surface area contributed by atoms with Gasteiger partial charge in [0.2, 0.25) is 5.91 Å². The molecule has 2 rings (SSSR count). The molecule has 23 heavy (non-hydrogen) atoms. The maximum Gasteiger partial charge on any atom is 0.253 e. The Morgan fingerprint density at radius 1 is 1.09 bits per heavy atom. The highest BCUT2D eigenvalue weighted by Crippen LogP contribution is 2.14. The van der Waals surface area contributed by atoms with E-state index < -0.39 is 21.7 Å². The van der Waals surface area contributed by atoms with E-state index in [1.807, 2.05) is 0 Å². The van der Waals surface area contributed by atoms with Gasteiger partial charge in [0.1, 0.15) is 5.76 Å². The Balaban J connectivity index is 1.94. The van der Waals surface area contributed by atoms with E-state index in [0.29, 0.717) is 5.76 Å². The first-order valence-corrected chi connectivity index (χ1v) is 8.63. The minimum absolute atomic E-state index is 0.00818. The van der Waals surface area contributed by atoms with Gasteiger partial charge in [-0.1, -0.05) is 12.1 Å². The maximum atomic E-state index is 12.1. The molecule has 0 bridgehead atoms. The van der Waals surface area contributed by atoms with Gasteiger partial charge in [-0.25, -0.2) is 8.42 Å². The molecule has 1 aromatic heterocycles. The van der Waals surface area contributed by atoms with Crippen LogP contribution in [0.1, 0.15) is 16.1 Å². The minimum atomic E-state index is -3.53. The molecule has 2 N–H and O–H groups in total. The van der Waals surface area contributed by atoms with Crippen LogP contribution in [-0.4, -0.2) is 33.0 Å². The summed E-state index contributed by atoms with van der Waals surface area (Å²) in [5, 5.41) is 4.97. The first-order valence-electron chi connectivity index (χ1n) is 6.74. The summed E-state index contributed by atoms with van der Waals surface area (Å²) in [5.74, 6) is -0.446. The van der Waals surface area contributed by atoms with Crippen LogP contribution in [0.5, 0.6) is 0 Å². The SMILES string of the molecule is CS(=O)(=O)c1ccccc1C(=O)NCC(=O)NCc1ccco1. The van der Waals surface area contributed by atoms with Crippen LogP contribution in [0.15, 0.2) is 52.0 Å². The maximum absolute atomic E-state index is 12.1. The molecule has 0 aliphatic rings. The minimum Gasteiger partial charge on any atom is -0.467 e. The van der Waals surface area contributed by atoms with Crippen LogP contribution < -0.4 is 10.6 Å². The first kappa shape index (κ1) is 16.8. The molecule has 0 radical (unpaired) electrons. The Kier molecular flexibility index (Phi) is 5.17. The monoisotopic (exact) mass is 336 g/mol. The van der Waals surface area contributed by atoms with E-state index in [2.05, 4.69) is 10.6 Å². The van der Waals surface area contributed by atoms with Gasteiger partial charge in [0.05, 0.1) is 29.8 Å². The van der Waals surface area contributed by atoms with E-state index in [1.54, 1.807) is 18.2 Å². The summed E-state index contributed by atoms with van der Waals surface area (Å²) in [7, 11) is -3.53. The van der Waals surface area contributed by atoms with Gasteiger partial charge in [-0.2, -0.15) is 0 Å². The standard InChI is InChI=1S/C15H16N2O5S/c1-23(20,21)13-7-3-2-6-12(13)15(19)17-10-14(18)16-9-11-5-4-8-22-11/h2-8H,9-10H2,1H3,(H,16,18)(H,17,19). The smallest absolute Gasteiger partial charge is 0.253 e. The van der Waals surface area contributed by atoms with Gasteiger partial charge in [0.25, 0.3) is 5.91 Å². The van der Waals surface area contributed by atoms with Crippen LogP contribution in [0.4, 0.5) is 0 Å². The Bertz CT molecular complexity index is 797. The molecule has 0 aliphatic heterocycles. The summed E-state index contributed by atoms with van der Waals surface area (Å²) in [6.45, 7) is -0.0563. The number of furan rings is 1. The van der Waals surface area contributed by atoms with Gasteiger partial charge >= 0.3 is 0 Å². The predicted molar refractivity (Wildman–Crippen MR) is 82.4 cm³/mol. The number of rotatable bonds is 6. The summed E-state index contributed by atoms with van der Waals surface area (Å²) in [6, 6.07) is 9.24. The molecular formula is C15H16N2O5S. The third-order valence-electron chi connectivity index (χ3n) is 2.98.